The topological polar surface area (TPSA) is 79.0 Å². The second kappa shape index (κ2) is 6.25. The molecule has 1 N–H and O–H groups in total. The van der Waals surface area contributed by atoms with E-state index >= 15 is 0 Å². The summed E-state index contributed by atoms with van der Waals surface area (Å²) in [5, 5.41) is 22.9. The Kier molecular flexibility index (Phi) is 4.41. The van der Waals surface area contributed by atoms with Crippen molar-refractivity contribution in [1.29, 1.82) is 5.26 Å². The van der Waals surface area contributed by atoms with E-state index in [-0.39, 0.29) is 11.7 Å². The van der Waals surface area contributed by atoms with Gasteiger partial charge in [-0.15, -0.1) is 0 Å². The maximum absolute atomic E-state index is 10.7. The van der Waals surface area contributed by atoms with Gasteiger partial charge >= 0.3 is 0 Å². The van der Waals surface area contributed by atoms with Crippen molar-refractivity contribution in [3.05, 3.63) is 68.7 Å². The van der Waals surface area contributed by atoms with E-state index in [0.29, 0.717) is 16.3 Å². The highest BCUT2D eigenvalue weighted by molar-refractivity contribution is 6.33. The van der Waals surface area contributed by atoms with Gasteiger partial charge in [-0.25, -0.2) is 0 Å². The van der Waals surface area contributed by atoms with Crippen LogP contribution >= 0.6 is 11.6 Å². The molecule has 0 saturated heterocycles. The molecule has 0 aliphatic rings. The molecule has 0 aliphatic heterocycles. The Morgan fingerprint density at radius 2 is 1.95 bits per heavy atom. The maximum Gasteiger partial charge on any atom is 0.271 e. The Labute approximate surface area is 126 Å². The average Bonchev–Trinajstić information content (AvgIpc) is 2.49. The molecule has 0 heterocycles. The zero-order valence-electron chi connectivity index (χ0n) is 11.2. The van der Waals surface area contributed by atoms with E-state index in [2.05, 4.69) is 11.4 Å². The van der Waals surface area contributed by atoms with E-state index in [0.717, 1.165) is 5.56 Å². The van der Waals surface area contributed by atoms with E-state index < -0.39 is 4.92 Å². The third kappa shape index (κ3) is 3.50. The van der Waals surface area contributed by atoms with E-state index in [9.17, 15) is 10.1 Å². The SMILES string of the molecule is C[C@H](Nc1ccc([N+](=O)[O-])cc1Cl)c1ccc(C#N)cc1. The lowest BCUT2D eigenvalue weighted by atomic mass is 10.1. The van der Waals surface area contributed by atoms with Crippen LogP contribution in [0.3, 0.4) is 0 Å². The van der Waals surface area contributed by atoms with Gasteiger partial charge in [0.1, 0.15) is 0 Å². The molecule has 0 radical (unpaired) electrons. The highest BCUT2D eigenvalue weighted by atomic mass is 35.5. The van der Waals surface area contributed by atoms with Gasteiger partial charge in [-0.1, -0.05) is 23.7 Å². The number of halogens is 1. The van der Waals surface area contributed by atoms with Gasteiger partial charge in [0.25, 0.3) is 5.69 Å². The third-order valence-electron chi connectivity index (χ3n) is 3.08. The maximum atomic E-state index is 10.7. The minimum absolute atomic E-state index is 0.0447. The summed E-state index contributed by atoms with van der Waals surface area (Å²) in [6, 6.07) is 13.5. The van der Waals surface area contributed by atoms with Crippen molar-refractivity contribution in [2.24, 2.45) is 0 Å². The second-order valence-electron chi connectivity index (χ2n) is 4.52. The van der Waals surface area contributed by atoms with Crippen LogP contribution in [0.2, 0.25) is 5.02 Å². The van der Waals surface area contributed by atoms with Crippen LogP contribution in [0.25, 0.3) is 0 Å². The molecule has 0 unspecified atom stereocenters. The summed E-state index contributed by atoms with van der Waals surface area (Å²) in [4.78, 5) is 10.2. The lowest BCUT2D eigenvalue weighted by Crippen LogP contribution is -2.07. The second-order valence-corrected chi connectivity index (χ2v) is 4.93. The number of non-ortho nitro benzene ring substituents is 1. The molecule has 1 atom stereocenters. The molecule has 0 spiro atoms. The fourth-order valence-corrected chi connectivity index (χ4v) is 2.13. The van der Waals surface area contributed by atoms with Crippen molar-refractivity contribution in [3.63, 3.8) is 0 Å². The lowest BCUT2D eigenvalue weighted by molar-refractivity contribution is -0.384. The fourth-order valence-electron chi connectivity index (χ4n) is 1.90. The number of nitro groups is 1. The summed E-state index contributed by atoms with van der Waals surface area (Å²) in [6.45, 7) is 1.94. The van der Waals surface area contributed by atoms with Crippen LogP contribution in [0, 0.1) is 21.4 Å². The molecule has 2 rings (SSSR count). The van der Waals surface area contributed by atoms with Crippen LogP contribution in [-0.4, -0.2) is 4.92 Å². The monoisotopic (exact) mass is 301 g/mol. The van der Waals surface area contributed by atoms with Crippen molar-refractivity contribution in [1.82, 2.24) is 0 Å². The van der Waals surface area contributed by atoms with Gasteiger partial charge in [-0.2, -0.15) is 5.26 Å². The zero-order chi connectivity index (χ0) is 15.4. The molecule has 0 amide bonds. The molecule has 5 nitrogen and oxygen atoms in total. The minimum atomic E-state index is -0.486. The number of nitriles is 1. The van der Waals surface area contributed by atoms with Crippen LogP contribution in [-0.2, 0) is 0 Å². The largest absolute Gasteiger partial charge is 0.377 e. The Hall–Kier alpha value is -2.58. The standard InChI is InChI=1S/C15H12ClN3O2/c1-10(12-4-2-11(9-17)3-5-12)18-15-7-6-13(19(20)21)8-14(15)16/h2-8,10,18H,1H3/t10-/m0/s1. The van der Waals surface area contributed by atoms with Gasteiger partial charge in [0, 0.05) is 18.2 Å². The van der Waals surface area contributed by atoms with Gasteiger partial charge < -0.3 is 5.32 Å². The molecule has 0 fully saturated rings. The Bertz CT molecular complexity index is 708. The molecule has 0 aliphatic carbocycles. The summed E-state index contributed by atoms with van der Waals surface area (Å²) in [5.41, 5.74) is 2.17. The summed E-state index contributed by atoms with van der Waals surface area (Å²) in [6.07, 6.45) is 0. The first kappa shape index (κ1) is 14.8. The summed E-state index contributed by atoms with van der Waals surface area (Å²) in [5.74, 6) is 0. The van der Waals surface area contributed by atoms with Gasteiger partial charge in [0.2, 0.25) is 0 Å². The first-order valence-electron chi connectivity index (χ1n) is 6.22. The molecular formula is C15H12ClN3O2. The Morgan fingerprint density at radius 1 is 1.29 bits per heavy atom. The van der Waals surface area contributed by atoms with Crippen molar-refractivity contribution in [2.45, 2.75) is 13.0 Å². The molecule has 106 valence electrons. The number of rotatable bonds is 4. The molecular weight excluding hydrogens is 290 g/mol. The van der Waals surface area contributed by atoms with E-state index in [4.69, 9.17) is 16.9 Å². The van der Waals surface area contributed by atoms with Crippen molar-refractivity contribution >= 4 is 23.0 Å². The molecule has 6 heteroatoms. The van der Waals surface area contributed by atoms with Crippen molar-refractivity contribution in [2.75, 3.05) is 5.32 Å². The van der Waals surface area contributed by atoms with Crippen LogP contribution in [0.4, 0.5) is 11.4 Å². The number of hydrogen-bond acceptors (Lipinski definition) is 4. The average molecular weight is 302 g/mol. The molecule has 2 aromatic rings. The van der Waals surface area contributed by atoms with Crippen molar-refractivity contribution < 1.29 is 4.92 Å². The number of nitro benzene ring substituents is 1. The van der Waals surface area contributed by atoms with E-state index in [1.54, 1.807) is 18.2 Å². The van der Waals surface area contributed by atoms with E-state index in [1.165, 1.54) is 12.1 Å². The highest BCUT2D eigenvalue weighted by Gasteiger charge is 2.12. The lowest BCUT2D eigenvalue weighted by Gasteiger charge is -2.16. The van der Waals surface area contributed by atoms with Gasteiger partial charge in [-0.3, -0.25) is 10.1 Å². The van der Waals surface area contributed by atoms with Crippen LogP contribution in [0.15, 0.2) is 42.5 Å². The van der Waals surface area contributed by atoms with Gasteiger partial charge in [0.15, 0.2) is 0 Å². The van der Waals surface area contributed by atoms with Crippen LogP contribution in [0.1, 0.15) is 24.1 Å². The third-order valence-corrected chi connectivity index (χ3v) is 3.39. The predicted octanol–water partition coefficient (Wildman–Crippen LogP) is 4.29. The quantitative estimate of drug-likeness (QED) is 0.674. The molecule has 0 aromatic heterocycles. The van der Waals surface area contributed by atoms with Crippen LogP contribution in [0.5, 0.6) is 0 Å². The molecule has 2 aromatic carbocycles. The Balaban J connectivity index is 2.17. The number of benzene rings is 2. The van der Waals surface area contributed by atoms with Crippen molar-refractivity contribution in [3.8, 4) is 6.07 Å². The number of anilines is 1. The molecule has 0 bridgehead atoms. The zero-order valence-corrected chi connectivity index (χ0v) is 12.0. The summed E-state index contributed by atoms with van der Waals surface area (Å²) >= 11 is 6.04. The molecule has 21 heavy (non-hydrogen) atoms. The summed E-state index contributed by atoms with van der Waals surface area (Å²) < 4.78 is 0. The normalized spacial score (nSPS) is 11.5. The summed E-state index contributed by atoms with van der Waals surface area (Å²) in [7, 11) is 0. The Morgan fingerprint density at radius 3 is 2.48 bits per heavy atom. The molecule has 0 saturated carbocycles. The first-order chi connectivity index (χ1) is 10.0. The number of hydrogen-bond donors (Lipinski definition) is 1. The van der Waals surface area contributed by atoms with E-state index in [1.807, 2.05) is 19.1 Å². The number of nitrogens with zero attached hydrogens (tertiary/aromatic N) is 2. The van der Waals surface area contributed by atoms with Gasteiger partial charge in [-0.05, 0) is 30.7 Å². The smallest absolute Gasteiger partial charge is 0.271 e. The van der Waals surface area contributed by atoms with Gasteiger partial charge in [0.05, 0.1) is 27.3 Å². The van der Waals surface area contributed by atoms with Crippen LogP contribution < -0.4 is 5.32 Å². The highest BCUT2D eigenvalue weighted by Crippen LogP contribution is 2.29. The minimum Gasteiger partial charge on any atom is -0.377 e. The predicted molar refractivity (Wildman–Crippen MR) is 81.3 cm³/mol. The fraction of sp³-hybridized carbons (Fsp3) is 0.133. The number of nitrogens with one attached hydrogen (secondary N) is 1. The first-order valence-corrected chi connectivity index (χ1v) is 6.59.